The Morgan fingerprint density at radius 3 is 2.67 bits per heavy atom. The first-order valence-corrected chi connectivity index (χ1v) is 10.7. The first-order chi connectivity index (χ1) is 12.8. The van der Waals surface area contributed by atoms with Crippen LogP contribution in [0.1, 0.15) is 0 Å². The third kappa shape index (κ3) is 3.77. The Bertz CT molecular complexity index is 885. The maximum absolute atomic E-state index is 13.3. The molecule has 2 heterocycles. The number of carboxylic acids is 1. The van der Waals surface area contributed by atoms with Gasteiger partial charge in [-0.25, -0.2) is 13.2 Å². The van der Waals surface area contributed by atoms with E-state index in [1.807, 2.05) is 4.90 Å². The second-order valence-electron chi connectivity index (χ2n) is 6.07. The summed E-state index contributed by atoms with van der Waals surface area (Å²) in [4.78, 5) is 13.2. The Morgan fingerprint density at radius 2 is 2.11 bits per heavy atom. The van der Waals surface area contributed by atoms with Gasteiger partial charge in [-0.1, -0.05) is 0 Å². The van der Waals surface area contributed by atoms with Crippen molar-refractivity contribution >= 4 is 33.4 Å². The molecule has 0 aromatic heterocycles. The molecule has 1 N–H and O–H groups in total. The lowest BCUT2D eigenvalue weighted by atomic mass is 10.1. The molecular weight excluding hydrogens is 399 g/mol. The van der Waals surface area contributed by atoms with Gasteiger partial charge in [0.05, 0.1) is 29.8 Å². The van der Waals surface area contributed by atoms with E-state index in [-0.39, 0.29) is 16.7 Å². The van der Waals surface area contributed by atoms with Crippen LogP contribution in [0.25, 0.3) is 0 Å². The molecule has 0 radical (unpaired) electrons. The smallest absolute Gasteiger partial charge is 0.368 e. The van der Waals surface area contributed by atoms with E-state index in [9.17, 15) is 17.6 Å². The molecule has 0 unspecified atom stereocenters. The average molecular weight is 418 g/mol. The zero-order chi connectivity index (χ0) is 19.8. The van der Waals surface area contributed by atoms with Crippen molar-refractivity contribution in [1.29, 1.82) is 0 Å². The summed E-state index contributed by atoms with van der Waals surface area (Å²) in [5.41, 5.74) is 0.534. The second kappa shape index (κ2) is 7.66. The molecule has 1 aromatic carbocycles. The van der Waals surface area contributed by atoms with Gasteiger partial charge >= 0.3 is 5.97 Å². The van der Waals surface area contributed by atoms with Crippen LogP contribution in [-0.2, 0) is 19.6 Å². The summed E-state index contributed by atoms with van der Waals surface area (Å²) in [6, 6.07) is 3.07. The first-order valence-electron chi connectivity index (χ1n) is 8.04. The summed E-state index contributed by atoms with van der Waals surface area (Å²) in [7, 11) is -2.29. The van der Waals surface area contributed by atoms with E-state index in [1.54, 1.807) is 12.3 Å². The molecule has 27 heavy (non-hydrogen) atoms. The number of rotatable bonds is 5. The minimum absolute atomic E-state index is 0.0336. The molecule has 2 aliphatic rings. The predicted molar refractivity (Wildman–Crippen MR) is 97.4 cm³/mol. The molecule has 3 rings (SSSR count). The number of sulfonamides is 1. The van der Waals surface area contributed by atoms with Crippen LogP contribution in [0.5, 0.6) is 5.75 Å². The number of nitrogens with zero attached hydrogens (tertiary/aromatic N) is 2. The quantitative estimate of drug-likeness (QED) is 0.437. The molecule has 0 spiro atoms. The van der Waals surface area contributed by atoms with Crippen molar-refractivity contribution in [2.75, 3.05) is 44.5 Å². The van der Waals surface area contributed by atoms with Gasteiger partial charge in [0.15, 0.2) is 0 Å². The topological polar surface area (TPSA) is 96.4 Å². The number of hydrogen-bond donors (Lipinski definition) is 1. The predicted octanol–water partition coefficient (Wildman–Crippen LogP) is 1.52. The summed E-state index contributed by atoms with van der Waals surface area (Å²) in [5, 5.41) is 8.61. The van der Waals surface area contributed by atoms with Gasteiger partial charge in [0.2, 0.25) is 15.9 Å². The van der Waals surface area contributed by atoms with Gasteiger partial charge in [0.1, 0.15) is 16.9 Å². The highest BCUT2D eigenvalue weighted by atomic mass is 32.2. The Balaban J connectivity index is 2.12. The van der Waals surface area contributed by atoms with Crippen LogP contribution in [-0.4, -0.2) is 69.4 Å². The number of benzene rings is 1. The van der Waals surface area contributed by atoms with E-state index in [1.165, 1.54) is 29.2 Å². The molecule has 2 aliphatic heterocycles. The Labute approximate surface area is 160 Å². The molecule has 1 aromatic rings. The van der Waals surface area contributed by atoms with Crippen LogP contribution in [0.15, 0.2) is 34.0 Å². The SMILES string of the molecule is CSc1cc2c(cc1O/C=C(\F)C(=O)O)S(=O)(=O)N(C)CCN2C1COC1. The van der Waals surface area contributed by atoms with Crippen molar-refractivity contribution in [2.24, 2.45) is 0 Å². The normalized spacial score (nSPS) is 20.6. The Hall–Kier alpha value is -1.82. The molecule has 148 valence electrons. The minimum Gasteiger partial charge on any atom is -0.476 e. The van der Waals surface area contributed by atoms with Crippen LogP contribution in [0, 0.1) is 0 Å². The monoisotopic (exact) mass is 418 g/mol. The Kier molecular flexibility index (Phi) is 5.65. The van der Waals surface area contributed by atoms with Gasteiger partial charge in [-0.05, 0) is 12.3 Å². The fourth-order valence-corrected chi connectivity index (χ4v) is 4.71. The Morgan fingerprint density at radius 1 is 1.41 bits per heavy atom. The molecule has 8 nitrogen and oxygen atoms in total. The zero-order valence-corrected chi connectivity index (χ0v) is 16.3. The van der Waals surface area contributed by atoms with Crippen molar-refractivity contribution in [3.8, 4) is 5.75 Å². The maximum atomic E-state index is 13.3. The van der Waals surface area contributed by atoms with Gasteiger partial charge in [0, 0.05) is 26.2 Å². The van der Waals surface area contributed by atoms with Gasteiger partial charge in [-0.3, -0.25) is 0 Å². The lowest BCUT2D eigenvalue weighted by molar-refractivity contribution is -0.134. The molecule has 0 aliphatic carbocycles. The fourth-order valence-electron chi connectivity index (χ4n) is 2.82. The fraction of sp³-hybridized carbons (Fsp3) is 0.438. The van der Waals surface area contributed by atoms with Crippen molar-refractivity contribution < 1.29 is 32.2 Å². The van der Waals surface area contributed by atoms with E-state index in [0.717, 1.165) is 0 Å². The van der Waals surface area contributed by atoms with E-state index in [2.05, 4.69) is 0 Å². The van der Waals surface area contributed by atoms with Crippen LogP contribution in [0.4, 0.5) is 10.1 Å². The number of carbonyl (C=O) groups is 1. The van der Waals surface area contributed by atoms with Crippen LogP contribution in [0.3, 0.4) is 0 Å². The number of thioether (sulfide) groups is 1. The number of aliphatic carboxylic acids is 1. The largest absolute Gasteiger partial charge is 0.476 e. The van der Waals surface area contributed by atoms with Gasteiger partial charge < -0.3 is 19.5 Å². The van der Waals surface area contributed by atoms with Gasteiger partial charge in [0.25, 0.3) is 0 Å². The van der Waals surface area contributed by atoms with Crippen molar-refractivity contribution in [3.05, 3.63) is 24.2 Å². The third-order valence-corrected chi connectivity index (χ3v) is 7.10. The lowest BCUT2D eigenvalue weighted by Gasteiger charge is -2.38. The number of likely N-dealkylation sites (N-methyl/N-ethyl adjacent to an activating group) is 1. The summed E-state index contributed by atoms with van der Waals surface area (Å²) in [5.74, 6) is -3.18. The highest BCUT2D eigenvalue weighted by molar-refractivity contribution is 7.98. The number of halogens is 1. The highest BCUT2D eigenvalue weighted by Gasteiger charge is 2.36. The third-order valence-electron chi connectivity index (χ3n) is 4.45. The number of anilines is 1. The van der Waals surface area contributed by atoms with Crippen molar-refractivity contribution in [1.82, 2.24) is 4.31 Å². The molecule has 0 amide bonds. The molecule has 1 fully saturated rings. The number of fused-ring (bicyclic) bond motifs is 1. The first kappa shape index (κ1) is 19.9. The standard InChI is InChI=1S/C16H19FN2O6S2/c1-18-3-4-19(10-7-24-8-10)12-5-14(26-2)13(6-15(12)27(18,22)23)25-9-11(17)16(20)21/h5-6,9-10H,3-4,7-8H2,1-2H3,(H,20,21)/b11-9-. The number of ether oxygens (including phenoxy) is 2. The highest BCUT2D eigenvalue weighted by Crippen LogP contribution is 2.41. The summed E-state index contributed by atoms with van der Waals surface area (Å²) >= 11 is 1.28. The molecule has 0 bridgehead atoms. The molecule has 1 saturated heterocycles. The van der Waals surface area contributed by atoms with Crippen LogP contribution >= 0.6 is 11.8 Å². The summed E-state index contributed by atoms with van der Waals surface area (Å²) in [6.45, 7) is 1.86. The minimum atomic E-state index is -3.78. The van der Waals surface area contributed by atoms with Crippen molar-refractivity contribution in [2.45, 2.75) is 15.8 Å². The van der Waals surface area contributed by atoms with E-state index >= 15 is 0 Å². The van der Waals surface area contributed by atoms with Gasteiger partial charge in [-0.15, -0.1) is 11.8 Å². The molecular formula is C16H19FN2O6S2. The summed E-state index contributed by atoms with van der Waals surface area (Å²) in [6.07, 6.45) is 2.22. The van der Waals surface area contributed by atoms with Crippen molar-refractivity contribution in [3.63, 3.8) is 0 Å². The maximum Gasteiger partial charge on any atom is 0.368 e. The van der Waals surface area contributed by atoms with E-state index in [4.69, 9.17) is 14.6 Å². The average Bonchev–Trinajstić information content (AvgIpc) is 2.67. The van der Waals surface area contributed by atoms with E-state index < -0.39 is 21.8 Å². The molecule has 0 saturated carbocycles. The number of hydrogen-bond acceptors (Lipinski definition) is 7. The lowest BCUT2D eigenvalue weighted by Crippen LogP contribution is -2.50. The van der Waals surface area contributed by atoms with Crippen LogP contribution < -0.4 is 9.64 Å². The number of carboxylic acid groups (broad SMARTS) is 1. The second-order valence-corrected chi connectivity index (χ2v) is 8.93. The van der Waals surface area contributed by atoms with Crippen LogP contribution in [0.2, 0.25) is 0 Å². The molecule has 0 atom stereocenters. The summed E-state index contributed by atoms with van der Waals surface area (Å²) < 4.78 is 50.8. The zero-order valence-electron chi connectivity index (χ0n) is 14.7. The van der Waals surface area contributed by atoms with E-state index in [0.29, 0.717) is 43.1 Å². The van der Waals surface area contributed by atoms with Gasteiger partial charge in [-0.2, -0.15) is 8.70 Å². The molecule has 11 heteroatoms.